The summed E-state index contributed by atoms with van der Waals surface area (Å²) in [7, 11) is 0. The predicted molar refractivity (Wildman–Crippen MR) is 111 cm³/mol. The number of thiocarbonyl (C=S) groups is 1. The van der Waals surface area contributed by atoms with Gasteiger partial charge in [-0.15, -0.1) is 0 Å². The van der Waals surface area contributed by atoms with Crippen LogP contribution in [-0.4, -0.2) is 27.4 Å². The second-order valence-corrected chi connectivity index (χ2v) is 7.59. The van der Waals surface area contributed by atoms with Crippen LogP contribution >= 0.6 is 24.0 Å². The van der Waals surface area contributed by atoms with E-state index < -0.39 is 17.9 Å². The van der Waals surface area contributed by atoms with Gasteiger partial charge in [0, 0.05) is 0 Å². The molecule has 1 amide bonds. The normalized spacial score (nSPS) is 16.5. The molecule has 2 aromatic rings. The highest BCUT2D eigenvalue weighted by molar-refractivity contribution is 8.27. The Morgan fingerprint density at radius 2 is 2.04 bits per heavy atom. The molecule has 1 aliphatic heterocycles. The van der Waals surface area contributed by atoms with Crippen molar-refractivity contribution in [2.45, 2.75) is 19.4 Å². The molecule has 1 unspecified atom stereocenters. The van der Waals surface area contributed by atoms with Crippen molar-refractivity contribution in [2.24, 2.45) is 0 Å². The van der Waals surface area contributed by atoms with Crippen LogP contribution in [0.25, 0.3) is 6.08 Å². The molecule has 0 radical (unpaired) electrons. The monoisotopic (exact) mass is 417 g/mol. The first kappa shape index (κ1) is 20.0. The molecule has 2 aromatic carbocycles. The number of anilines is 1. The van der Waals surface area contributed by atoms with E-state index in [0.29, 0.717) is 32.6 Å². The van der Waals surface area contributed by atoms with Gasteiger partial charge in [0.1, 0.15) is 11.6 Å². The van der Waals surface area contributed by atoms with E-state index in [1.165, 1.54) is 29.2 Å². The van der Waals surface area contributed by atoms with Gasteiger partial charge in [-0.25, -0.2) is 9.18 Å². The minimum atomic E-state index is -1.03. The van der Waals surface area contributed by atoms with Crippen molar-refractivity contribution >= 4 is 51.9 Å². The maximum absolute atomic E-state index is 13.1. The van der Waals surface area contributed by atoms with E-state index in [0.717, 1.165) is 11.8 Å². The number of nitrogens with zero attached hydrogens (tertiary/aromatic N) is 1. The van der Waals surface area contributed by atoms with E-state index in [2.05, 4.69) is 0 Å². The van der Waals surface area contributed by atoms with Crippen molar-refractivity contribution < 1.29 is 23.8 Å². The SMILES string of the molecule is CCC(Oc1cccc(/C=C2/SC(=S)N(c3ccc(F)cc3)C2=O)c1)C(=O)O. The number of amides is 1. The van der Waals surface area contributed by atoms with Crippen LogP contribution in [0.1, 0.15) is 18.9 Å². The number of hydrogen-bond donors (Lipinski definition) is 1. The zero-order valence-corrected chi connectivity index (χ0v) is 16.4. The molecule has 5 nitrogen and oxygen atoms in total. The second-order valence-electron chi connectivity index (χ2n) is 5.92. The van der Waals surface area contributed by atoms with Gasteiger partial charge in [-0.05, 0) is 54.5 Å². The number of halogens is 1. The van der Waals surface area contributed by atoms with Gasteiger partial charge in [0.05, 0.1) is 10.6 Å². The molecule has 0 aromatic heterocycles. The zero-order valence-electron chi connectivity index (χ0n) is 14.8. The molecule has 0 saturated carbocycles. The van der Waals surface area contributed by atoms with Crippen LogP contribution in [0.4, 0.5) is 10.1 Å². The minimum absolute atomic E-state index is 0.301. The van der Waals surface area contributed by atoms with Crippen molar-refractivity contribution in [3.63, 3.8) is 0 Å². The quantitative estimate of drug-likeness (QED) is 0.552. The smallest absolute Gasteiger partial charge is 0.344 e. The van der Waals surface area contributed by atoms with Crippen LogP contribution in [0.2, 0.25) is 0 Å². The lowest BCUT2D eigenvalue weighted by atomic mass is 10.2. The molecule has 0 bridgehead atoms. The second kappa shape index (κ2) is 8.53. The van der Waals surface area contributed by atoms with Gasteiger partial charge in [0.25, 0.3) is 5.91 Å². The molecule has 144 valence electrons. The number of benzene rings is 2. The van der Waals surface area contributed by atoms with E-state index in [1.54, 1.807) is 37.3 Å². The van der Waals surface area contributed by atoms with E-state index in [9.17, 15) is 14.0 Å². The first-order chi connectivity index (χ1) is 13.4. The highest BCUT2D eigenvalue weighted by Crippen LogP contribution is 2.36. The first-order valence-electron chi connectivity index (χ1n) is 8.42. The molecule has 1 atom stereocenters. The number of carbonyl (C=O) groups excluding carboxylic acids is 1. The van der Waals surface area contributed by atoms with Crippen LogP contribution in [0.3, 0.4) is 0 Å². The molecule has 0 spiro atoms. The Kier molecular flexibility index (Phi) is 6.11. The topological polar surface area (TPSA) is 66.8 Å². The fraction of sp³-hybridized carbons (Fsp3) is 0.150. The van der Waals surface area contributed by atoms with Gasteiger partial charge in [0.2, 0.25) is 0 Å². The summed E-state index contributed by atoms with van der Waals surface area (Å²) in [6.45, 7) is 1.73. The molecule has 1 heterocycles. The summed E-state index contributed by atoms with van der Waals surface area (Å²) >= 11 is 6.44. The third-order valence-corrected chi connectivity index (χ3v) is 5.26. The van der Waals surface area contributed by atoms with Crippen LogP contribution in [0.5, 0.6) is 5.75 Å². The third-order valence-electron chi connectivity index (χ3n) is 3.96. The highest BCUT2D eigenvalue weighted by atomic mass is 32.2. The number of hydrogen-bond acceptors (Lipinski definition) is 5. The Balaban J connectivity index is 1.83. The number of carboxylic acids is 1. The van der Waals surface area contributed by atoms with Gasteiger partial charge >= 0.3 is 5.97 Å². The number of rotatable bonds is 6. The maximum atomic E-state index is 13.1. The largest absolute Gasteiger partial charge is 0.479 e. The van der Waals surface area contributed by atoms with E-state index in [4.69, 9.17) is 22.1 Å². The Morgan fingerprint density at radius 1 is 1.32 bits per heavy atom. The molecule has 1 aliphatic rings. The molecule has 28 heavy (non-hydrogen) atoms. The molecule has 8 heteroatoms. The van der Waals surface area contributed by atoms with Crippen LogP contribution in [0, 0.1) is 5.82 Å². The average Bonchev–Trinajstić information content (AvgIpc) is 2.94. The van der Waals surface area contributed by atoms with Gasteiger partial charge in [0.15, 0.2) is 10.4 Å². The van der Waals surface area contributed by atoms with Crippen LogP contribution < -0.4 is 9.64 Å². The van der Waals surface area contributed by atoms with E-state index >= 15 is 0 Å². The standard InChI is InChI=1S/C20H16FNO4S2/c1-2-16(19(24)25)26-15-5-3-4-12(10-15)11-17-18(23)22(20(27)28-17)14-8-6-13(21)7-9-14/h3-11,16H,2H2,1H3,(H,24,25)/b17-11+. The predicted octanol–water partition coefficient (Wildman–Crippen LogP) is 4.47. The van der Waals surface area contributed by atoms with Crippen molar-refractivity contribution in [3.05, 3.63) is 64.8 Å². The number of carbonyl (C=O) groups is 2. The fourth-order valence-electron chi connectivity index (χ4n) is 2.58. The number of aliphatic carboxylic acids is 1. The zero-order chi connectivity index (χ0) is 20.3. The molecule has 1 N–H and O–H groups in total. The average molecular weight is 417 g/mol. The summed E-state index contributed by atoms with van der Waals surface area (Å²) in [5.41, 5.74) is 1.17. The first-order valence-corrected chi connectivity index (χ1v) is 9.64. The summed E-state index contributed by atoms with van der Waals surface area (Å²) in [6, 6.07) is 12.3. The van der Waals surface area contributed by atoms with Gasteiger partial charge in [-0.1, -0.05) is 43.0 Å². The summed E-state index contributed by atoms with van der Waals surface area (Å²) in [5.74, 6) is -1.33. The Morgan fingerprint density at radius 3 is 2.68 bits per heavy atom. The van der Waals surface area contributed by atoms with Gasteiger partial charge < -0.3 is 9.84 Å². The Hall–Kier alpha value is -2.71. The summed E-state index contributed by atoms with van der Waals surface area (Å²) in [4.78, 5) is 25.7. The maximum Gasteiger partial charge on any atom is 0.344 e. The van der Waals surface area contributed by atoms with E-state index in [1.807, 2.05) is 0 Å². The number of thioether (sulfide) groups is 1. The summed E-state index contributed by atoms with van der Waals surface area (Å²) < 4.78 is 19.0. The third kappa shape index (κ3) is 4.40. The molecule has 1 saturated heterocycles. The highest BCUT2D eigenvalue weighted by Gasteiger charge is 2.33. The van der Waals surface area contributed by atoms with Crippen molar-refractivity contribution in [3.8, 4) is 5.75 Å². The number of ether oxygens (including phenoxy) is 1. The van der Waals surface area contributed by atoms with Gasteiger partial charge in [-0.2, -0.15) is 0 Å². The minimum Gasteiger partial charge on any atom is -0.479 e. The van der Waals surface area contributed by atoms with Crippen molar-refractivity contribution in [1.29, 1.82) is 0 Å². The lowest BCUT2D eigenvalue weighted by Crippen LogP contribution is -2.27. The Bertz CT molecular complexity index is 959. The fourth-order valence-corrected chi connectivity index (χ4v) is 3.88. The van der Waals surface area contributed by atoms with E-state index in [-0.39, 0.29) is 5.91 Å². The molecule has 0 aliphatic carbocycles. The molecular weight excluding hydrogens is 401 g/mol. The molecule has 1 fully saturated rings. The van der Waals surface area contributed by atoms with Crippen LogP contribution in [-0.2, 0) is 9.59 Å². The summed E-state index contributed by atoms with van der Waals surface area (Å²) in [6.07, 6.45) is 1.06. The summed E-state index contributed by atoms with van der Waals surface area (Å²) in [5, 5.41) is 9.12. The lowest BCUT2D eigenvalue weighted by Gasteiger charge is -2.14. The van der Waals surface area contributed by atoms with Crippen molar-refractivity contribution in [2.75, 3.05) is 4.90 Å². The van der Waals surface area contributed by atoms with Gasteiger partial charge in [-0.3, -0.25) is 9.69 Å². The van der Waals surface area contributed by atoms with Crippen molar-refractivity contribution in [1.82, 2.24) is 0 Å². The lowest BCUT2D eigenvalue weighted by molar-refractivity contribution is -0.145. The molecular formula is C20H16FNO4S2. The molecule has 3 rings (SSSR count). The number of carboxylic acid groups (broad SMARTS) is 1. The Labute approximate surface area is 170 Å². The van der Waals surface area contributed by atoms with Crippen LogP contribution in [0.15, 0.2) is 53.4 Å².